The fourth-order valence-electron chi connectivity index (χ4n) is 2.81. The molecular formula is C16H23FN2O3S. The number of nitrogens with zero attached hydrogens (tertiary/aromatic N) is 1. The first-order valence-corrected chi connectivity index (χ1v) is 9.38. The summed E-state index contributed by atoms with van der Waals surface area (Å²) in [6, 6.07) is 3.40. The van der Waals surface area contributed by atoms with E-state index in [0.717, 1.165) is 12.5 Å². The van der Waals surface area contributed by atoms with Crippen LogP contribution in [-0.4, -0.2) is 38.4 Å². The summed E-state index contributed by atoms with van der Waals surface area (Å²) in [5.74, 6) is -0.517. The number of hydrogen-bond acceptors (Lipinski definition) is 3. The van der Waals surface area contributed by atoms with Gasteiger partial charge < -0.3 is 4.90 Å². The minimum atomic E-state index is -3.80. The molecule has 7 heteroatoms. The van der Waals surface area contributed by atoms with Crippen molar-refractivity contribution >= 4 is 15.9 Å². The maximum atomic E-state index is 13.4. The van der Waals surface area contributed by atoms with Crippen molar-refractivity contribution in [3.63, 3.8) is 0 Å². The maximum absolute atomic E-state index is 13.4. The minimum absolute atomic E-state index is 0.0431. The molecule has 23 heavy (non-hydrogen) atoms. The zero-order valence-electron chi connectivity index (χ0n) is 13.5. The Balaban J connectivity index is 2.12. The van der Waals surface area contributed by atoms with Crippen molar-refractivity contribution in [2.24, 2.45) is 0 Å². The van der Waals surface area contributed by atoms with Gasteiger partial charge in [-0.1, -0.05) is 13.0 Å². The summed E-state index contributed by atoms with van der Waals surface area (Å²) in [6.45, 7) is 4.88. The summed E-state index contributed by atoms with van der Waals surface area (Å²) in [6.07, 6.45) is 2.24. The van der Waals surface area contributed by atoms with Gasteiger partial charge in [0.1, 0.15) is 5.82 Å². The molecule has 1 amide bonds. The molecule has 1 N–H and O–H groups in total. The van der Waals surface area contributed by atoms with E-state index in [2.05, 4.69) is 4.72 Å². The Bertz CT molecular complexity index is 676. The molecule has 1 aliphatic rings. The molecule has 1 aromatic rings. The van der Waals surface area contributed by atoms with E-state index >= 15 is 0 Å². The molecule has 0 aliphatic carbocycles. The second-order valence-electron chi connectivity index (χ2n) is 5.94. The van der Waals surface area contributed by atoms with Crippen LogP contribution in [-0.2, 0) is 14.8 Å². The van der Waals surface area contributed by atoms with Crippen molar-refractivity contribution in [3.8, 4) is 0 Å². The van der Waals surface area contributed by atoms with Crippen molar-refractivity contribution < 1.29 is 17.6 Å². The Hall–Kier alpha value is -1.47. The molecule has 1 heterocycles. The fourth-order valence-corrected chi connectivity index (χ4v) is 4.37. The summed E-state index contributed by atoms with van der Waals surface area (Å²) >= 11 is 0. The van der Waals surface area contributed by atoms with E-state index in [1.165, 1.54) is 12.1 Å². The Morgan fingerprint density at radius 3 is 2.78 bits per heavy atom. The topological polar surface area (TPSA) is 66.5 Å². The predicted molar refractivity (Wildman–Crippen MR) is 86.0 cm³/mol. The zero-order valence-corrected chi connectivity index (χ0v) is 14.3. The number of rotatable bonds is 5. The average Bonchev–Trinajstić information content (AvgIpc) is 2.65. The highest BCUT2D eigenvalue weighted by molar-refractivity contribution is 7.89. The lowest BCUT2D eigenvalue weighted by Gasteiger charge is -2.20. The normalized spacial score (nSPS) is 19.7. The molecule has 0 aromatic heterocycles. The van der Waals surface area contributed by atoms with Gasteiger partial charge in [0.25, 0.3) is 0 Å². The molecule has 5 nitrogen and oxygen atoms in total. The zero-order chi connectivity index (χ0) is 17.0. The molecule has 1 unspecified atom stereocenters. The van der Waals surface area contributed by atoms with Crippen LogP contribution in [0, 0.1) is 12.7 Å². The number of sulfonamides is 1. The molecule has 0 radical (unpaired) electrons. The van der Waals surface area contributed by atoms with Gasteiger partial charge in [-0.25, -0.2) is 17.5 Å². The van der Waals surface area contributed by atoms with Gasteiger partial charge in [0, 0.05) is 25.6 Å². The first-order valence-electron chi connectivity index (χ1n) is 7.89. The standard InChI is InChI=1S/C16H23FN2O3S/c1-3-9-19-10-8-14(6-7-16(19)20)18-23(21,22)15-11-13(17)5-4-12(15)2/h4-5,11,14,18H,3,6-10H2,1-2H3. The molecule has 128 valence electrons. The van der Waals surface area contributed by atoms with Crippen molar-refractivity contribution in [1.82, 2.24) is 9.62 Å². The van der Waals surface area contributed by atoms with Crippen LogP contribution in [0.2, 0.25) is 0 Å². The molecule has 1 aromatic carbocycles. The third kappa shape index (κ3) is 4.51. The van der Waals surface area contributed by atoms with Crippen LogP contribution in [0.15, 0.2) is 23.1 Å². The molecule has 1 saturated heterocycles. The Kier molecular flexibility index (Phi) is 5.75. The molecular weight excluding hydrogens is 319 g/mol. The van der Waals surface area contributed by atoms with Gasteiger partial charge in [-0.05, 0) is 43.9 Å². The van der Waals surface area contributed by atoms with Crippen molar-refractivity contribution in [2.75, 3.05) is 13.1 Å². The molecule has 1 atom stereocenters. The van der Waals surface area contributed by atoms with Gasteiger partial charge in [-0.15, -0.1) is 0 Å². The maximum Gasteiger partial charge on any atom is 0.241 e. The van der Waals surface area contributed by atoms with Crippen LogP contribution in [0.25, 0.3) is 0 Å². The average molecular weight is 342 g/mol. The third-order valence-corrected chi connectivity index (χ3v) is 5.72. The number of aryl methyl sites for hydroxylation is 1. The molecule has 2 rings (SSSR count). The van der Waals surface area contributed by atoms with Gasteiger partial charge in [-0.3, -0.25) is 4.79 Å². The van der Waals surface area contributed by atoms with Crippen molar-refractivity contribution in [3.05, 3.63) is 29.6 Å². The first kappa shape index (κ1) is 17.9. The van der Waals surface area contributed by atoms with E-state index in [-0.39, 0.29) is 16.8 Å². The number of carbonyl (C=O) groups excluding carboxylic acids is 1. The number of carbonyl (C=O) groups is 1. The number of amides is 1. The van der Waals surface area contributed by atoms with Gasteiger partial charge in [0.05, 0.1) is 4.90 Å². The van der Waals surface area contributed by atoms with Gasteiger partial charge in [-0.2, -0.15) is 0 Å². The highest BCUT2D eigenvalue weighted by atomic mass is 32.2. The Morgan fingerprint density at radius 2 is 2.09 bits per heavy atom. The van der Waals surface area contributed by atoms with Crippen LogP contribution in [0.1, 0.15) is 38.2 Å². The Labute approximate surface area is 136 Å². The van der Waals surface area contributed by atoms with Crippen LogP contribution >= 0.6 is 0 Å². The van der Waals surface area contributed by atoms with Crippen LogP contribution in [0.5, 0.6) is 0 Å². The quantitative estimate of drug-likeness (QED) is 0.892. The predicted octanol–water partition coefficient (Wildman–Crippen LogP) is 2.20. The number of benzene rings is 1. The number of hydrogen-bond donors (Lipinski definition) is 1. The highest BCUT2D eigenvalue weighted by Gasteiger charge is 2.26. The first-order chi connectivity index (χ1) is 10.8. The number of likely N-dealkylation sites (tertiary alicyclic amines) is 1. The molecule has 1 aliphatic heterocycles. The van der Waals surface area contributed by atoms with E-state index in [4.69, 9.17) is 0 Å². The summed E-state index contributed by atoms with van der Waals surface area (Å²) in [4.78, 5) is 13.7. The van der Waals surface area contributed by atoms with Crippen LogP contribution in [0.4, 0.5) is 4.39 Å². The lowest BCUT2D eigenvalue weighted by atomic mass is 10.1. The van der Waals surface area contributed by atoms with E-state index < -0.39 is 15.8 Å². The SMILES string of the molecule is CCCN1CCC(NS(=O)(=O)c2cc(F)ccc2C)CCC1=O. The third-order valence-electron chi connectivity index (χ3n) is 4.06. The molecule has 1 fully saturated rings. The fraction of sp³-hybridized carbons (Fsp3) is 0.562. The van der Waals surface area contributed by atoms with E-state index in [9.17, 15) is 17.6 Å². The summed E-state index contributed by atoms with van der Waals surface area (Å²) in [7, 11) is -3.80. The molecule has 0 spiro atoms. The van der Waals surface area contributed by atoms with Gasteiger partial charge >= 0.3 is 0 Å². The summed E-state index contributed by atoms with van der Waals surface area (Å²) in [5.41, 5.74) is 0.496. The van der Waals surface area contributed by atoms with Crippen LogP contribution < -0.4 is 4.72 Å². The monoisotopic (exact) mass is 342 g/mol. The smallest absolute Gasteiger partial charge is 0.241 e. The largest absolute Gasteiger partial charge is 0.343 e. The van der Waals surface area contributed by atoms with Gasteiger partial charge in [0.2, 0.25) is 15.9 Å². The van der Waals surface area contributed by atoms with Crippen molar-refractivity contribution in [2.45, 2.75) is 50.5 Å². The summed E-state index contributed by atoms with van der Waals surface area (Å²) < 4.78 is 41.0. The number of nitrogens with one attached hydrogen (secondary N) is 1. The number of halogens is 1. The second kappa shape index (κ2) is 7.40. The lowest BCUT2D eigenvalue weighted by Crippen LogP contribution is -2.36. The summed E-state index contributed by atoms with van der Waals surface area (Å²) in [5, 5.41) is 0. The van der Waals surface area contributed by atoms with E-state index in [0.29, 0.717) is 37.9 Å². The van der Waals surface area contributed by atoms with Crippen LogP contribution in [0.3, 0.4) is 0 Å². The Morgan fingerprint density at radius 1 is 1.35 bits per heavy atom. The molecule has 0 bridgehead atoms. The van der Waals surface area contributed by atoms with Gasteiger partial charge in [0.15, 0.2) is 0 Å². The highest BCUT2D eigenvalue weighted by Crippen LogP contribution is 2.19. The lowest BCUT2D eigenvalue weighted by molar-refractivity contribution is -0.130. The molecule has 0 saturated carbocycles. The van der Waals surface area contributed by atoms with E-state index in [1.807, 2.05) is 6.92 Å². The minimum Gasteiger partial charge on any atom is -0.343 e. The van der Waals surface area contributed by atoms with E-state index in [1.54, 1.807) is 11.8 Å². The second-order valence-corrected chi connectivity index (χ2v) is 7.62. The van der Waals surface area contributed by atoms with Crippen molar-refractivity contribution in [1.29, 1.82) is 0 Å².